The maximum atomic E-state index is 13.9. The van der Waals surface area contributed by atoms with Crippen LogP contribution in [-0.2, 0) is 11.2 Å². The van der Waals surface area contributed by atoms with Crippen molar-refractivity contribution in [1.29, 1.82) is 0 Å². The Labute approximate surface area is 218 Å². The van der Waals surface area contributed by atoms with Crippen molar-refractivity contribution in [3.63, 3.8) is 0 Å². The van der Waals surface area contributed by atoms with E-state index in [0.717, 1.165) is 0 Å². The van der Waals surface area contributed by atoms with Crippen LogP contribution in [0.4, 0.5) is 5.69 Å². The molecule has 3 aromatic rings. The van der Waals surface area contributed by atoms with Gasteiger partial charge in [-0.3, -0.25) is 14.6 Å². The van der Waals surface area contributed by atoms with Gasteiger partial charge < -0.3 is 30.9 Å². The lowest BCUT2D eigenvalue weighted by Gasteiger charge is -2.45. The van der Waals surface area contributed by atoms with E-state index in [9.17, 15) is 30.0 Å². The average Bonchev–Trinajstić information content (AvgIpc) is 2.89. The summed E-state index contributed by atoms with van der Waals surface area (Å²) >= 11 is 0. The number of Topliss-reactive ketones (excluding diaryl/α,β-unsaturated/α-hetero) is 2. The summed E-state index contributed by atoms with van der Waals surface area (Å²) in [5, 5.41) is 45.6. The molecule has 0 heterocycles. The summed E-state index contributed by atoms with van der Waals surface area (Å²) in [4.78, 5) is 31.7. The number of hydrogen-bond donors (Lipinski definition) is 5. The third-order valence-electron chi connectivity index (χ3n) is 7.86. The number of fused-ring (bicyclic) bond motifs is 3. The minimum absolute atomic E-state index is 0.0551. The number of benzene rings is 3. The van der Waals surface area contributed by atoms with E-state index in [2.05, 4.69) is 4.99 Å². The normalized spacial score (nSPS) is 23.5. The molecular formula is C29H28N2O7. The zero-order chi connectivity index (χ0) is 27.7. The first kappa shape index (κ1) is 25.4. The number of ketones is 2. The number of carbonyl (C=O) groups excluding carboxylic acids is 2. The number of aliphatic hydroxyl groups is 2. The van der Waals surface area contributed by atoms with Crippen molar-refractivity contribution in [2.45, 2.75) is 38.8 Å². The monoisotopic (exact) mass is 516 g/mol. The molecule has 38 heavy (non-hydrogen) atoms. The summed E-state index contributed by atoms with van der Waals surface area (Å²) < 4.78 is 5.14. The molecule has 0 amide bonds. The van der Waals surface area contributed by atoms with Gasteiger partial charge >= 0.3 is 0 Å². The Bertz CT molecular complexity index is 1600. The van der Waals surface area contributed by atoms with Crippen LogP contribution in [-0.4, -0.2) is 56.5 Å². The molecule has 2 aliphatic carbocycles. The summed E-state index contributed by atoms with van der Waals surface area (Å²) in [5.41, 5.74) is 5.19. The number of aromatic hydroxyl groups is 2. The highest BCUT2D eigenvalue weighted by Gasteiger charge is 2.60. The van der Waals surface area contributed by atoms with E-state index in [1.165, 1.54) is 14.0 Å². The van der Waals surface area contributed by atoms with Crippen molar-refractivity contribution in [1.82, 2.24) is 0 Å². The molecule has 6 N–H and O–H groups in total. The number of carbonyl (C=O) groups is 2. The smallest absolute Gasteiger partial charge is 0.206 e. The Morgan fingerprint density at radius 1 is 1.05 bits per heavy atom. The van der Waals surface area contributed by atoms with Crippen molar-refractivity contribution in [2.24, 2.45) is 16.6 Å². The van der Waals surface area contributed by atoms with Gasteiger partial charge in [0.2, 0.25) is 5.78 Å². The third-order valence-corrected chi connectivity index (χ3v) is 7.86. The zero-order valence-corrected chi connectivity index (χ0v) is 21.4. The summed E-state index contributed by atoms with van der Waals surface area (Å²) in [5.74, 6) is -3.77. The number of rotatable bonds is 3. The first-order valence-electron chi connectivity index (χ1n) is 12.1. The van der Waals surface area contributed by atoms with Gasteiger partial charge in [0.1, 0.15) is 23.0 Å². The topological polar surface area (TPSA) is 163 Å². The number of methoxy groups -OCH3 is 1. The van der Waals surface area contributed by atoms with E-state index in [0.29, 0.717) is 33.5 Å². The van der Waals surface area contributed by atoms with Crippen molar-refractivity contribution in [2.75, 3.05) is 7.11 Å². The number of aryl methyl sites for hydroxylation is 2. The molecule has 2 aliphatic rings. The molecule has 0 unspecified atom stereocenters. The van der Waals surface area contributed by atoms with Crippen LogP contribution in [0, 0.1) is 19.8 Å². The third kappa shape index (κ3) is 3.35. The van der Waals surface area contributed by atoms with Crippen LogP contribution in [0.15, 0.2) is 52.7 Å². The van der Waals surface area contributed by atoms with Gasteiger partial charge in [-0.1, -0.05) is 12.1 Å². The van der Waals surface area contributed by atoms with Gasteiger partial charge in [-0.05, 0) is 73.5 Å². The maximum Gasteiger partial charge on any atom is 0.206 e. The lowest BCUT2D eigenvalue weighted by Crippen LogP contribution is -2.63. The SMILES string of the molecule is COc1ccc(N=C(C)C2=C(O)[C@@]3(O)C(=O)c4c(c(C)c5ccc(C)c(O)c5c4O)C[C@H]3[C@@H](N)C2=O)cc1. The Morgan fingerprint density at radius 3 is 2.34 bits per heavy atom. The number of aliphatic imine (C=N–C) groups is 1. The van der Waals surface area contributed by atoms with Crippen LogP contribution in [0.25, 0.3) is 10.8 Å². The Hall–Kier alpha value is -4.21. The Balaban J connectivity index is 1.72. The van der Waals surface area contributed by atoms with E-state index >= 15 is 0 Å². The molecule has 0 spiro atoms. The number of phenols is 2. The molecule has 0 bridgehead atoms. The molecule has 196 valence electrons. The fourth-order valence-electron chi connectivity index (χ4n) is 5.67. The molecule has 0 saturated carbocycles. The predicted octanol–water partition coefficient (Wildman–Crippen LogP) is 3.48. The van der Waals surface area contributed by atoms with E-state index < -0.39 is 40.6 Å². The van der Waals surface area contributed by atoms with Crippen molar-refractivity contribution in [3.05, 3.63) is 70.0 Å². The molecule has 0 fully saturated rings. The molecule has 3 atom stereocenters. The average molecular weight is 517 g/mol. The van der Waals surface area contributed by atoms with Crippen LogP contribution in [0.1, 0.15) is 34.0 Å². The second-order valence-corrected chi connectivity index (χ2v) is 9.90. The van der Waals surface area contributed by atoms with Crippen molar-refractivity contribution < 1.29 is 34.8 Å². The maximum absolute atomic E-state index is 13.9. The summed E-state index contributed by atoms with van der Waals surface area (Å²) in [6, 6.07) is 8.73. The Morgan fingerprint density at radius 2 is 1.71 bits per heavy atom. The van der Waals surface area contributed by atoms with Crippen molar-refractivity contribution >= 4 is 33.7 Å². The van der Waals surface area contributed by atoms with Gasteiger partial charge in [0.05, 0.1) is 41.1 Å². The van der Waals surface area contributed by atoms with Crippen LogP contribution in [0.2, 0.25) is 0 Å². The highest BCUT2D eigenvalue weighted by molar-refractivity contribution is 6.27. The molecular weight excluding hydrogens is 488 g/mol. The molecule has 0 aliphatic heterocycles. The van der Waals surface area contributed by atoms with Crippen LogP contribution in [0.5, 0.6) is 17.2 Å². The molecule has 9 nitrogen and oxygen atoms in total. The summed E-state index contributed by atoms with van der Waals surface area (Å²) in [6.45, 7) is 4.86. The number of aliphatic hydroxyl groups excluding tert-OH is 1. The summed E-state index contributed by atoms with van der Waals surface area (Å²) in [7, 11) is 1.52. The predicted molar refractivity (Wildman–Crippen MR) is 142 cm³/mol. The molecule has 5 rings (SSSR count). The number of hydrogen-bond acceptors (Lipinski definition) is 9. The zero-order valence-electron chi connectivity index (χ0n) is 21.4. The number of ether oxygens (including phenoxy) is 1. The van der Waals surface area contributed by atoms with E-state index in [-0.39, 0.29) is 34.4 Å². The van der Waals surface area contributed by atoms with Gasteiger partial charge in [-0.15, -0.1) is 0 Å². The lowest BCUT2D eigenvalue weighted by molar-refractivity contribution is -0.122. The standard InChI is InChI=1S/C29H28N2O7/c1-12-5-10-17-13(2)18-11-19-23(30)26(34)20(14(3)31-15-6-8-16(38-4)9-7-15)27(35)29(19,37)28(36)22(18)25(33)21(17)24(12)32/h5-10,19,23,32-33,35,37H,11,30H2,1-4H3/t19-,23+,29+/m0/s1. The molecule has 3 aromatic carbocycles. The van der Waals surface area contributed by atoms with E-state index in [1.54, 1.807) is 50.2 Å². The highest BCUT2D eigenvalue weighted by Crippen LogP contribution is 2.50. The Kier molecular flexibility index (Phi) is 5.81. The van der Waals surface area contributed by atoms with Gasteiger partial charge in [-0.2, -0.15) is 0 Å². The molecule has 9 heteroatoms. The quantitative estimate of drug-likeness (QED) is 0.330. The van der Waals surface area contributed by atoms with Gasteiger partial charge in [-0.25, -0.2) is 0 Å². The molecule has 0 aromatic heterocycles. The van der Waals surface area contributed by atoms with Gasteiger partial charge in [0, 0.05) is 5.92 Å². The van der Waals surface area contributed by atoms with Gasteiger partial charge in [0.25, 0.3) is 0 Å². The summed E-state index contributed by atoms with van der Waals surface area (Å²) in [6.07, 6.45) is -0.0551. The fourth-order valence-corrected chi connectivity index (χ4v) is 5.67. The van der Waals surface area contributed by atoms with Gasteiger partial charge in [0.15, 0.2) is 11.4 Å². The first-order chi connectivity index (χ1) is 17.9. The van der Waals surface area contributed by atoms with Crippen LogP contribution in [0.3, 0.4) is 0 Å². The second kappa shape index (κ2) is 8.68. The van der Waals surface area contributed by atoms with E-state index in [1.807, 2.05) is 0 Å². The van der Waals surface area contributed by atoms with Crippen molar-refractivity contribution in [3.8, 4) is 17.2 Å². The fraction of sp³-hybridized carbons (Fsp3) is 0.276. The largest absolute Gasteiger partial charge is 0.508 e. The molecule has 0 radical (unpaired) electrons. The van der Waals surface area contributed by atoms with E-state index in [4.69, 9.17) is 10.5 Å². The lowest BCUT2D eigenvalue weighted by atomic mass is 9.61. The second-order valence-electron chi connectivity index (χ2n) is 9.90. The first-order valence-corrected chi connectivity index (χ1v) is 12.1. The van der Waals surface area contributed by atoms with Crippen LogP contribution < -0.4 is 10.5 Å². The number of phenolic OH excluding ortho intramolecular Hbond substituents is 2. The minimum atomic E-state index is -2.58. The van der Waals surface area contributed by atoms with Crippen LogP contribution >= 0.6 is 0 Å². The number of nitrogens with zero attached hydrogens (tertiary/aromatic N) is 1. The number of nitrogens with two attached hydrogens (primary N) is 1. The molecule has 0 saturated heterocycles. The minimum Gasteiger partial charge on any atom is -0.508 e. The highest BCUT2D eigenvalue weighted by atomic mass is 16.5.